The fourth-order valence-electron chi connectivity index (χ4n) is 7.08. The molecule has 0 saturated heterocycles. The molecule has 112 valence electrons. The predicted octanol–water partition coefficient (Wildman–Crippen LogP) is 5.98. The van der Waals surface area contributed by atoms with Crippen LogP contribution in [-0.2, 0) is 0 Å². The van der Waals surface area contributed by atoms with E-state index in [0.29, 0.717) is 5.41 Å². The van der Waals surface area contributed by atoms with E-state index in [1.54, 1.807) is 19.3 Å². The lowest BCUT2D eigenvalue weighted by atomic mass is 9.51. The van der Waals surface area contributed by atoms with Crippen molar-refractivity contribution in [1.29, 1.82) is 0 Å². The Kier molecular flexibility index (Phi) is 3.28. The molecular formula is C20H32. The fourth-order valence-corrected chi connectivity index (χ4v) is 7.08. The first-order valence-corrected chi connectivity index (χ1v) is 9.43. The average molecular weight is 272 g/mol. The van der Waals surface area contributed by atoms with Gasteiger partial charge in [0.2, 0.25) is 0 Å². The second kappa shape index (κ2) is 4.89. The van der Waals surface area contributed by atoms with Crippen molar-refractivity contribution in [3.05, 3.63) is 11.6 Å². The van der Waals surface area contributed by atoms with E-state index in [9.17, 15) is 0 Å². The van der Waals surface area contributed by atoms with Gasteiger partial charge in [0.15, 0.2) is 0 Å². The van der Waals surface area contributed by atoms with Crippen LogP contribution in [-0.4, -0.2) is 0 Å². The van der Waals surface area contributed by atoms with Crippen molar-refractivity contribution < 1.29 is 0 Å². The van der Waals surface area contributed by atoms with Gasteiger partial charge in [-0.3, -0.25) is 0 Å². The first-order valence-electron chi connectivity index (χ1n) is 9.43. The van der Waals surface area contributed by atoms with E-state index in [2.05, 4.69) is 19.9 Å². The Morgan fingerprint density at radius 3 is 2.85 bits per heavy atom. The molecule has 4 aliphatic carbocycles. The number of rotatable bonds is 1. The Morgan fingerprint density at radius 2 is 2.00 bits per heavy atom. The van der Waals surface area contributed by atoms with E-state index in [1.165, 1.54) is 44.9 Å². The Hall–Kier alpha value is -0.260. The Labute approximate surface area is 125 Å². The molecule has 3 saturated carbocycles. The van der Waals surface area contributed by atoms with Gasteiger partial charge in [0, 0.05) is 0 Å². The van der Waals surface area contributed by atoms with Crippen molar-refractivity contribution in [3.8, 4) is 0 Å². The summed E-state index contributed by atoms with van der Waals surface area (Å²) < 4.78 is 0. The molecule has 6 atom stereocenters. The van der Waals surface area contributed by atoms with Crippen molar-refractivity contribution >= 4 is 0 Å². The molecular weight excluding hydrogens is 240 g/mol. The maximum atomic E-state index is 2.67. The van der Waals surface area contributed by atoms with E-state index in [1.807, 2.05) is 5.57 Å². The molecule has 0 aromatic rings. The van der Waals surface area contributed by atoms with Gasteiger partial charge in [-0.25, -0.2) is 0 Å². The summed E-state index contributed by atoms with van der Waals surface area (Å²) in [4.78, 5) is 0. The molecule has 0 aromatic carbocycles. The number of hydrogen-bond donors (Lipinski definition) is 0. The minimum absolute atomic E-state index is 0.714. The second-order valence-corrected chi connectivity index (χ2v) is 8.52. The molecule has 4 rings (SSSR count). The number of allylic oxidation sites excluding steroid dienone is 2. The van der Waals surface area contributed by atoms with Crippen molar-refractivity contribution in [2.45, 2.75) is 78.1 Å². The van der Waals surface area contributed by atoms with Gasteiger partial charge in [0.25, 0.3) is 0 Å². The third-order valence-electron chi connectivity index (χ3n) is 8.07. The van der Waals surface area contributed by atoms with Gasteiger partial charge < -0.3 is 0 Å². The molecule has 3 fully saturated rings. The minimum Gasteiger partial charge on any atom is -0.0850 e. The van der Waals surface area contributed by atoms with Crippen LogP contribution in [0.3, 0.4) is 0 Å². The molecule has 0 heteroatoms. The molecule has 0 heterocycles. The first kappa shape index (κ1) is 13.4. The van der Waals surface area contributed by atoms with Gasteiger partial charge >= 0.3 is 0 Å². The van der Waals surface area contributed by atoms with Crippen molar-refractivity contribution in [2.75, 3.05) is 0 Å². The quantitative estimate of drug-likeness (QED) is 0.515. The SMILES string of the molecule is CC[C@H]1CC[C@H]2[C@@H]3CCC4=CCCC[C@@H]4[C@H]3CC[C@]12C. The van der Waals surface area contributed by atoms with Crippen LogP contribution in [0.5, 0.6) is 0 Å². The average Bonchev–Trinajstić information content (AvgIpc) is 2.83. The van der Waals surface area contributed by atoms with Crippen molar-refractivity contribution in [2.24, 2.45) is 35.0 Å². The molecule has 0 N–H and O–H groups in total. The Bertz CT molecular complexity index is 406. The van der Waals surface area contributed by atoms with Crippen LogP contribution in [0.15, 0.2) is 11.6 Å². The van der Waals surface area contributed by atoms with E-state index < -0.39 is 0 Å². The molecule has 0 amide bonds. The predicted molar refractivity (Wildman–Crippen MR) is 85.5 cm³/mol. The number of hydrogen-bond acceptors (Lipinski definition) is 0. The van der Waals surface area contributed by atoms with Crippen LogP contribution in [0.25, 0.3) is 0 Å². The summed E-state index contributed by atoms with van der Waals surface area (Å²) >= 11 is 0. The third kappa shape index (κ3) is 1.79. The van der Waals surface area contributed by atoms with E-state index in [0.717, 1.165) is 29.6 Å². The molecule has 0 aliphatic heterocycles. The van der Waals surface area contributed by atoms with E-state index in [-0.39, 0.29) is 0 Å². The minimum atomic E-state index is 0.714. The highest BCUT2D eigenvalue weighted by atomic mass is 14.6. The highest BCUT2D eigenvalue weighted by molar-refractivity contribution is 5.18. The maximum Gasteiger partial charge on any atom is -0.0172 e. The van der Waals surface area contributed by atoms with Crippen LogP contribution in [0.1, 0.15) is 78.1 Å². The fraction of sp³-hybridized carbons (Fsp3) is 0.900. The third-order valence-corrected chi connectivity index (χ3v) is 8.07. The van der Waals surface area contributed by atoms with Crippen molar-refractivity contribution in [1.82, 2.24) is 0 Å². The van der Waals surface area contributed by atoms with Gasteiger partial charge in [-0.1, -0.05) is 31.9 Å². The Morgan fingerprint density at radius 1 is 1.10 bits per heavy atom. The highest BCUT2D eigenvalue weighted by Crippen LogP contribution is 2.64. The van der Waals surface area contributed by atoms with Gasteiger partial charge in [0.05, 0.1) is 0 Å². The topological polar surface area (TPSA) is 0 Å². The summed E-state index contributed by atoms with van der Waals surface area (Å²) in [5.74, 6) is 5.29. The summed E-state index contributed by atoms with van der Waals surface area (Å²) in [6.07, 6.45) is 17.6. The van der Waals surface area contributed by atoms with Crippen LogP contribution in [0.2, 0.25) is 0 Å². The molecule has 4 aliphatic rings. The van der Waals surface area contributed by atoms with E-state index in [4.69, 9.17) is 0 Å². The molecule has 0 aromatic heterocycles. The van der Waals surface area contributed by atoms with Crippen LogP contribution in [0, 0.1) is 35.0 Å². The molecule has 0 radical (unpaired) electrons. The van der Waals surface area contributed by atoms with Crippen LogP contribution >= 0.6 is 0 Å². The summed E-state index contributed by atoms with van der Waals surface area (Å²) in [6.45, 7) is 5.11. The molecule has 0 unspecified atom stereocenters. The van der Waals surface area contributed by atoms with E-state index >= 15 is 0 Å². The molecule has 0 spiro atoms. The second-order valence-electron chi connectivity index (χ2n) is 8.52. The lowest BCUT2D eigenvalue weighted by Crippen LogP contribution is -2.46. The monoisotopic (exact) mass is 272 g/mol. The molecule has 0 nitrogen and oxygen atoms in total. The van der Waals surface area contributed by atoms with Crippen LogP contribution in [0.4, 0.5) is 0 Å². The van der Waals surface area contributed by atoms with Gasteiger partial charge in [-0.2, -0.15) is 0 Å². The zero-order chi connectivity index (χ0) is 13.7. The molecule has 0 bridgehead atoms. The first-order chi connectivity index (χ1) is 9.74. The zero-order valence-corrected chi connectivity index (χ0v) is 13.5. The standard InChI is InChI=1S/C20H32/c1-3-15-9-11-19-18-10-8-14-6-4-5-7-16(14)17(18)12-13-20(15,19)2/h6,15-19H,3-5,7-13H2,1-2H3/t15-,16-,17+,18+,19-,20+/m0/s1. The van der Waals surface area contributed by atoms with Crippen LogP contribution < -0.4 is 0 Å². The summed E-state index contributed by atoms with van der Waals surface area (Å²) in [5.41, 5.74) is 2.59. The summed E-state index contributed by atoms with van der Waals surface area (Å²) in [5, 5.41) is 0. The van der Waals surface area contributed by atoms with Gasteiger partial charge in [-0.05, 0) is 92.8 Å². The summed E-state index contributed by atoms with van der Waals surface area (Å²) in [7, 11) is 0. The molecule has 20 heavy (non-hydrogen) atoms. The zero-order valence-electron chi connectivity index (χ0n) is 13.5. The largest absolute Gasteiger partial charge is 0.0850 e. The van der Waals surface area contributed by atoms with Crippen molar-refractivity contribution in [3.63, 3.8) is 0 Å². The summed E-state index contributed by atoms with van der Waals surface area (Å²) in [6, 6.07) is 0. The van der Waals surface area contributed by atoms with Gasteiger partial charge in [-0.15, -0.1) is 0 Å². The van der Waals surface area contributed by atoms with Gasteiger partial charge in [0.1, 0.15) is 0 Å². The normalized spacial score (nSPS) is 50.9. The maximum absolute atomic E-state index is 2.67. The lowest BCUT2D eigenvalue weighted by Gasteiger charge is -2.54. The smallest absolute Gasteiger partial charge is 0.0172 e. The number of fused-ring (bicyclic) bond motifs is 5. The highest BCUT2D eigenvalue weighted by Gasteiger charge is 2.55. The Balaban J connectivity index is 1.61. The lowest BCUT2D eigenvalue weighted by molar-refractivity contribution is -0.0222.